The largest absolute Gasteiger partial charge is 0.436 e. The lowest BCUT2D eigenvalue weighted by molar-refractivity contribution is -0.141. The zero-order valence-corrected chi connectivity index (χ0v) is 23.4. The van der Waals surface area contributed by atoms with Gasteiger partial charge in [-0.15, -0.1) is 0 Å². The van der Waals surface area contributed by atoms with Gasteiger partial charge in [0.15, 0.2) is 11.4 Å². The van der Waals surface area contributed by atoms with Crippen LogP contribution in [-0.4, -0.2) is 40.9 Å². The summed E-state index contributed by atoms with van der Waals surface area (Å²) < 4.78 is 21.2. The Morgan fingerprint density at radius 1 is 1.12 bits per heavy atom. The molecule has 11 heteroatoms. The highest BCUT2D eigenvalue weighted by Crippen LogP contribution is 2.46. The quantitative estimate of drug-likeness (QED) is 0.237. The summed E-state index contributed by atoms with van der Waals surface area (Å²) in [6, 6.07) is 11.9. The number of carbonyl (C=O) groups excluding carboxylic acids is 3. The first-order chi connectivity index (χ1) is 20.2. The van der Waals surface area contributed by atoms with Gasteiger partial charge < -0.3 is 20.7 Å². The summed E-state index contributed by atoms with van der Waals surface area (Å²) in [4.78, 5) is 45.6. The molecule has 1 fully saturated rings. The van der Waals surface area contributed by atoms with Crippen LogP contribution in [0.1, 0.15) is 49.3 Å². The number of carbonyl (C=O) groups is 3. The molecule has 1 aromatic heterocycles. The lowest BCUT2D eigenvalue weighted by Crippen LogP contribution is -2.54. The van der Waals surface area contributed by atoms with Crippen LogP contribution < -0.4 is 16.4 Å². The molecule has 0 saturated carbocycles. The number of rotatable bonds is 1. The summed E-state index contributed by atoms with van der Waals surface area (Å²) in [6.45, 7) is 0.382. The van der Waals surface area contributed by atoms with E-state index < -0.39 is 23.4 Å². The van der Waals surface area contributed by atoms with Gasteiger partial charge in [0.25, 0.3) is 0 Å². The minimum Gasteiger partial charge on any atom is -0.436 e. The first-order valence-corrected chi connectivity index (χ1v) is 14.2. The average molecular weight is 590 g/mol. The predicted octanol–water partition coefficient (Wildman–Crippen LogP) is 5.97. The standard InChI is InChI=1S/C31H29ClFN5O4/c32-22-9-10-23-27(28(22)33)31(42-30(41)37-23)12-4-14-38(17-31)29(40)21-5-2-1-3-6-26(39)36-25-16-19(34)7-8-20(25)18-11-13-35-24(21)15-18/h1-2,7-11,13,15-16,21H,3-6,12,14,17,34H2,(H,36,39)(H,37,41)/b2-1-/t21?,31-/m0/s1. The van der Waals surface area contributed by atoms with Gasteiger partial charge in [-0.1, -0.05) is 29.8 Å². The van der Waals surface area contributed by atoms with Crippen LogP contribution in [0.2, 0.25) is 5.02 Å². The number of fused-ring (bicyclic) bond motifs is 6. The maximum atomic E-state index is 15.4. The number of piperidine rings is 1. The minimum atomic E-state index is -1.38. The van der Waals surface area contributed by atoms with Crippen LogP contribution in [0, 0.1) is 5.82 Å². The third kappa shape index (κ3) is 5.18. The van der Waals surface area contributed by atoms with Crippen LogP contribution in [-0.2, 0) is 19.9 Å². The summed E-state index contributed by atoms with van der Waals surface area (Å²) in [7, 11) is 0. The number of nitrogens with zero attached hydrogens (tertiary/aromatic N) is 2. The van der Waals surface area contributed by atoms with E-state index in [2.05, 4.69) is 15.6 Å². The monoisotopic (exact) mass is 589 g/mol. The fourth-order valence-electron chi connectivity index (χ4n) is 6.03. The number of likely N-dealkylation sites (tertiary alicyclic amines) is 1. The van der Waals surface area contributed by atoms with Crippen molar-refractivity contribution in [2.75, 3.05) is 29.5 Å². The van der Waals surface area contributed by atoms with Crippen molar-refractivity contribution in [2.45, 2.75) is 43.6 Å². The molecule has 4 N–H and O–H groups in total. The number of nitrogens with one attached hydrogen (secondary N) is 2. The van der Waals surface area contributed by atoms with Crippen LogP contribution in [0.25, 0.3) is 11.1 Å². The fourth-order valence-corrected chi connectivity index (χ4v) is 6.19. The van der Waals surface area contributed by atoms with E-state index in [1.165, 1.54) is 6.07 Å². The second-order valence-electron chi connectivity index (χ2n) is 10.8. The molecule has 2 bridgehead atoms. The second kappa shape index (κ2) is 11.1. The van der Waals surface area contributed by atoms with Crippen LogP contribution in [0.4, 0.5) is 26.2 Å². The van der Waals surface area contributed by atoms with Crippen LogP contribution in [0.3, 0.4) is 0 Å². The molecule has 1 saturated heterocycles. The van der Waals surface area contributed by atoms with Gasteiger partial charge in [-0.2, -0.15) is 0 Å². The molecule has 6 rings (SSSR count). The molecule has 0 aliphatic carbocycles. The van der Waals surface area contributed by atoms with E-state index in [4.69, 9.17) is 22.1 Å². The highest BCUT2D eigenvalue weighted by Gasteiger charge is 2.49. The van der Waals surface area contributed by atoms with Gasteiger partial charge >= 0.3 is 6.09 Å². The predicted molar refractivity (Wildman–Crippen MR) is 157 cm³/mol. The maximum Gasteiger partial charge on any atom is 0.412 e. The Hall–Kier alpha value is -4.44. The number of nitrogen functional groups attached to an aromatic ring is 1. The van der Waals surface area contributed by atoms with Crippen molar-refractivity contribution in [3.8, 4) is 11.1 Å². The molecule has 3 aliphatic rings. The summed E-state index contributed by atoms with van der Waals surface area (Å²) in [6.07, 6.45) is 6.61. The molecule has 4 heterocycles. The van der Waals surface area contributed by atoms with E-state index in [1.54, 1.807) is 29.3 Å². The third-order valence-electron chi connectivity index (χ3n) is 7.98. The third-order valence-corrected chi connectivity index (χ3v) is 8.28. The Balaban J connectivity index is 1.38. The molecule has 9 nitrogen and oxygen atoms in total. The van der Waals surface area contributed by atoms with E-state index >= 15 is 4.39 Å². The number of hydrogen-bond donors (Lipinski definition) is 3. The molecule has 42 heavy (non-hydrogen) atoms. The molecule has 3 aromatic rings. The number of nitrogens with two attached hydrogens (primary N) is 1. The Morgan fingerprint density at radius 2 is 1.98 bits per heavy atom. The van der Waals surface area contributed by atoms with Crippen molar-refractivity contribution in [2.24, 2.45) is 0 Å². The summed E-state index contributed by atoms with van der Waals surface area (Å²) in [5.41, 5.74) is 8.23. The Bertz CT molecular complexity index is 1630. The normalized spacial score (nSPS) is 22.7. The molecular formula is C31H29ClFN5O4. The van der Waals surface area contributed by atoms with Crippen LogP contribution in [0.15, 0.2) is 60.8 Å². The van der Waals surface area contributed by atoms with E-state index in [0.717, 1.165) is 11.1 Å². The molecule has 2 aromatic carbocycles. The van der Waals surface area contributed by atoms with Crippen molar-refractivity contribution in [3.05, 3.63) is 82.9 Å². The molecule has 216 valence electrons. The molecule has 2 atom stereocenters. The Kier molecular flexibility index (Phi) is 7.32. The number of aromatic nitrogens is 1. The number of halogens is 2. The molecule has 1 spiro atoms. The van der Waals surface area contributed by atoms with Crippen LogP contribution >= 0.6 is 11.6 Å². The van der Waals surface area contributed by atoms with Gasteiger partial charge in [-0.05, 0) is 67.6 Å². The highest BCUT2D eigenvalue weighted by atomic mass is 35.5. The lowest BCUT2D eigenvalue weighted by Gasteiger charge is -2.45. The van der Waals surface area contributed by atoms with Gasteiger partial charge in [-0.3, -0.25) is 19.9 Å². The number of anilines is 3. The SMILES string of the molecule is Nc1ccc2c(c1)NC(=O)CC/C=C\CC(C(=O)N1CCC[C@@]3(C1)OC(=O)Nc1ccc(Cl)c(F)c13)c1cc-2ccn1. The Morgan fingerprint density at radius 3 is 2.83 bits per heavy atom. The minimum absolute atomic E-state index is 0.0239. The van der Waals surface area contributed by atoms with E-state index in [-0.39, 0.29) is 41.1 Å². The molecule has 0 radical (unpaired) electrons. The zero-order valence-electron chi connectivity index (χ0n) is 22.7. The number of ether oxygens (including phenoxy) is 1. The molecule has 1 unspecified atom stereocenters. The summed E-state index contributed by atoms with van der Waals surface area (Å²) >= 11 is 6.12. The zero-order chi connectivity index (χ0) is 29.4. The topological polar surface area (TPSA) is 127 Å². The molecular weight excluding hydrogens is 561 g/mol. The summed E-state index contributed by atoms with van der Waals surface area (Å²) in [5.74, 6) is -1.71. The van der Waals surface area contributed by atoms with Crippen molar-refractivity contribution in [1.29, 1.82) is 0 Å². The van der Waals surface area contributed by atoms with Gasteiger partial charge in [0.1, 0.15) is 0 Å². The van der Waals surface area contributed by atoms with Gasteiger partial charge in [0.05, 0.1) is 40.1 Å². The number of allylic oxidation sites excluding steroid dienone is 2. The number of benzene rings is 2. The number of pyridine rings is 1. The first kappa shape index (κ1) is 27.7. The van der Waals surface area contributed by atoms with Crippen LogP contribution in [0.5, 0.6) is 0 Å². The van der Waals surface area contributed by atoms with Crippen molar-refractivity contribution < 1.29 is 23.5 Å². The molecule has 3 amide bonds. The average Bonchev–Trinajstić information content (AvgIpc) is 2.97. The smallest absolute Gasteiger partial charge is 0.412 e. The second-order valence-corrected chi connectivity index (χ2v) is 11.2. The van der Waals surface area contributed by atoms with Gasteiger partial charge in [0, 0.05) is 30.4 Å². The lowest BCUT2D eigenvalue weighted by atomic mass is 9.82. The van der Waals surface area contributed by atoms with E-state index in [9.17, 15) is 14.4 Å². The van der Waals surface area contributed by atoms with Gasteiger partial charge in [0.2, 0.25) is 11.8 Å². The van der Waals surface area contributed by atoms with E-state index in [1.807, 2.05) is 30.4 Å². The van der Waals surface area contributed by atoms with Crippen molar-refractivity contribution in [1.82, 2.24) is 9.88 Å². The summed E-state index contributed by atoms with van der Waals surface area (Å²) in [5, 5.41) is 5.41. The highest BCUT2D eigenvalue weighted by molar-refractivity contribution is 6.31. The van der Waals surface area contributed by atoms with E-state index in [0.29, 0.717) is 49.3 Å². The maximum absolute atomic E-state index is 15.4. The van der Waals surface area contributed by atoms with Gasteiger partial charge in [-0.25, -0.2) is 9.18 Å². The Labute approximate surface area is 246 Å². The first-order valence-electron chi connectivity index (χ1n) is 13.8. The number of amides is 3. The van der Waals surface area contributed by atoms with Crippen molar-refractivity contribution >= 4 is 46.6 Å². The molecule has 3 aliphatic heterocycles. The fraction of sp³-hybridized carbons (Fsp3) is 0.290. The van der Waals surface area contributed by atoms with Crippen molar-refractivity contribution in [3.63, 3.8) is 0 Å². The number of hydrogen-bond acceptors (Lipinski definition) is 6.